The highest BCUT2D eigenvalue weighted by Crippen LogP contribution is 2.10. The Bertz CT molecular complexity index is 139. The molecule has 2 heteroatoms. The standard InChI is InChI=1S/C11H22O2/c1-5-6-7-8-9-10-13-11(2,3)12-4/h5-6H,7-10H2,1-4H3/b6-5+. The summed E-state index contributed by atoms with van der Waals surface area (Å²) in [5.41, 5.74) is 0. The zero-order valence-corrected chi connectivity index (χ0v) is 9.30. The summed E-state index contributed by atoms with van der Waals surface area (Å²) >= 11 is 0. The van der Waals surface area contributed by atoms with Crippen molar-refractivity contribution in [2.75, 3.05) is 13.7 Å². The Labute approximate surface area is 81.9 Å². The van der Waals surface area contributed by atoms with E-state index in [0.29, 0.717) is 0 Å². The van der Waals surface area contributed by atoms with Crippen molar-refractivity contribution in [3.8, 4) is 0 Å². The van der Waals surface area contributed by atoms with Gasteiger partial charge in [0, 0.05) is 7.11 Å². The van der Waals surface area contributed by atoms with Crippen LogP contribution in [0.3, 0.4) is 0 Å². The number of hydrogen-bond donors (Lipinski definition) is 0. The van der Waals surface area contributed by atoms with Crippen molar-refractivity contribution in [1.29, 1.82) is 0 Å². The molecule has 0 fully saturated rings. The van der Waals surface area contributed by atoms with Crippen LogP contribution in [0.2, 0.25) is 0 Å². The van der Waals surface area contributed by atoms with Crippen molar-refractivity contribution < 1.29 is 9.47 Å². The van der Waals surface area contributed by atoms with E-state index < -0.39 is 5.79 Å². The summed E-state index contributed by atoms with van der Waals surface area (Å²) in [6.45, 7) is 6.68. The lowest BCUT2D eigenvalue weighted by atomic mass is 10.2. The van der Waals surface area contributed by atoms with Crippen LogP contribution >= 0.6 is 0 Å². The first-order valence-electron chi connectivity index (χ1n) is 4.92. The maximum absolute atomic E-state index is 5.51. The van der Waals surface area contributed by atoms with E-state index in [1.54, 1.807) is 7.11 Å². The number of allylic oxidation sites excluding steroid dienone is 2. The van der Waals surface area contributed by atoms with E-state index in [-0.39, 0.29) is 0 Å². The normalized spacial score (nSPS) is 12.6. The van der Waals surface area contributed by atoms with E-state index in [4.69, 9.17) is 9.47 Å². The molecule has 0 aromatic heterocycles. The van der Waals surface area contributed by atoms with E-state index in [9.17, 15) is 0 Å². The number of ether oxygens (including phenoxy) is 2. The highest BCUT2D eigenvalue weighted by atomic mass is 16.7. The molecule has 0 aromatic rings. The van der Waals surface area contributed by atoms with Crippen LogP contribution in [0.1, 0.15) is 40.0 Å². The van der Waals surface area contributed by atoms with E-state index in [1.165, 1.54) is 6.42 Å². The molecule has 0 saturated heterocycles. The quantitative estimate of drug-likeness (QED) is 0.345. The van der Waals surface area contributed by atoms with Gasteiger partial charge in [0.05, 0.1) is 6.61 Å². The van der Waals surface area contributed by atoms with Gasteiger partial charge in [-0.2, -0.15) is 0 Å². The molecule has 0 radical (unpaired) electrons. The third-order valence-corrected chi connectivity index (χ3v) is 1.94. The van der Waals surface area contributed by atoms with Crippen LogP contribution < -0.4 is 0 Å². The lowest BCUT2D eigenvalue weighted by molar-refractivity contribution is -0.197. The first kappa shape index (κ1) is 12.7. The number of unbranched alkanes of at least 4 members (excludes halogenated alkanes) is 2. The van der Waals surface area contributed by atoms with Crippen molar-refractivity contribution in [3.63, 3.8) is 0 Å². The molecule has 0 heterocycles. The number of rotatable bonds is 7. The van der Waals surface area contributed by atoms with Crippen LogP contribution in [-0.4, -0.2) is 19.5 Å². The molecule has 0 unspecified atom stereocenters. The van der Waals surface area contributed by atoms with Crippen molar-refractivity contribution in [2.24, 2.45) is 0 Å². The third kappa shape index (κ3) is 8.00. The van der Waals surface area contributed by atoms with Gasteiger partial charge in [0.2, 0.25) is 0 Å². The predicted octanol–water partition coefficient (Wildman–Crippen LogP) is 3.13. The smallest absolute Gasteiger partial charge is 0.162 e. The Morgan fingerprint density at radius 3 is 2.46 bits per heavy atom. The lowest BCUT2D eigenvalue weighted by Gasteiger charge is -2.23. The van der Waals surface area contributed by atoms with Crippen LogP contribution in [0, 0.1) is 0 Å². The minimum absolute atomic E-state index is 0.430. The largest absolute Gasteiger partial charge is 0.354 e. The summed E-state index contributed by atoms with van der Waals surface area (Å²) in [6, 6.07) is 0. The van der Waals surface area contributed by atoms with Crippen LogP contribution in [-0.2, 0) is 9.47 Å². The Hall–Kier alpha value is -0.340. The molecule has 0 aliphatic rings. The molecule has 0 atom stereocenters. The molecule has 0 bridgehead atoms. The molecule has 0 aliphatic carbocycles. The Balaban J connectivity index is 3.25. The van der Waals surface area contributed by atoms with Gasteiger partial charge in [0.15, 0.2) is 5.79 Å². The summed E-state index contributed by atoms with van der Waals surface area (Å²) in [4.78, 5) is 0. The molecular weight excluding hydrogens is 164 g/mol. The second-order valence-corrected chi connectivity index (χ2v) is 3.52. The molecule has 0 amide bonds. The highest BCUT2D eigenvalue weighted by molar-refractivity contribution is 4.76. The number of hydrogen-bond acceptors (Lipinski definition) is 2. The van der Waals surface area contributed by atoms with E-state index in [2.05, 4.69) is 12.2 Å². The molecule has 0 saturated carbocycles. The van der Waals surface area contributed by atoms with E-state index in [1.807, 2.05) is 20.8 Å². The molecule has 0 N–H and O–H groups in total. The van der Waals surface area contributed by atoms with Crippen molar-refractivity contribution >= 4 is 0 Å². The Morgan fingerprint density at radius 1 is 1.23 bits per heavy atom. The fourth-order valence-corrected chi connectivity index (χ4v) is 0.908. The Kier molecular flexibility index (Phi) is 6.92. The average Bonchev–Trinajstić information content (AvgIpc) is 2.11. The minimum Gasteiger partial charge on any atom is -0.354 e. The first-order chi connectivity index (χ1) is 6.12. The van der Waals surface area contributed by atoms with E-state index in [0.717, 1.165) is 19.4 Å². The Morgan fingerprint density at radius 2 is 1.92 bits per heavy atom. The monoisotopic (exact) mass is 186 g/mol. The van der Waals surface area contributed by atoms with Crippen LogP contribution in [0.4, 0.5) is 0 Å². The van der Waals surface area contributed by atoms with Gasteiger partial charge >= 0.3 is 0 Å². The van der Waals surface area contributed by atoms with Gasteiger partial charge in [-0.1, -0.05) is 12.2 Å². The van der Waals surface area contributed by atoms with Gasteiger partial charge in [-0.05, 0) is 40.0 Å². The van der Waals surface area contributed by atoms with Crippen molar-refractivity contribution in [1.82, 2.24) is 0 Å². The van der Waals surface area contributed by atoms with Crippen molar-refractivity contribution in [3.05, 3.63) is 12.2 Å². The maximum atomic E-state index is 5.51. The van der Waals surface area contributed by atoms with Gasteiger partial charge in [-0.3, -0.25) is 0 Å². The third-order valence-electron chi connectivity index (χ3n) is 1.94. The summed E-state index contributed by atoms with van der Waals surface area (Å²) in [6.07, 6.45) is 7.69. The van der Waals surface area contributed by atoms with Gasteiger partial charge in [0.25, 0.3) is 0 Å². The summed E-state index contributed by atoms with van der Waals surface area (Å²) < 4.78 is 10.6. The molecule has 0 aromatic carbocycles. The van der Waals surface area contributed by atoms with Gasteiger partial charge in [0.1, 0.15) is 0 Å². The number of methoxy groups -OCH3 is 1. The zero-order valence-electron chi connectivity index (χ0n) is 9.30. The van der Waals surface area contributed by atoms with Gasteiger partial charge in [-0.15, -0.1) is 0 Å². The van der Waals surface area contributed by atoms with E-state index >= 15 is 0 Å². The van der Waals surface area contributed by atoms with Crippen LogP contribution in [0.15, 0.2) is 12.2 Å². The lowest BCUT2D eigenvalue weighted by Crippen LogP contribution is -2.26. The highest BCUT2D eigenvalue weighted by Gasteiger charge is 2.15. The summed E-state index contributed by atoms with van der Waals surface area (Å²) in [7, 11) is 1.67. The van der Waals surface area contributed by atoms with Crippen LogP contribution in [0.25, 0.3) is 0 Å². The molecule has 0 aliphatic heterocycles. The first-order valence-corrected chi connectivity index (χ1v) is 4.92. The van der Waals surface area contributed by atoms with Gasteiger partial charge in [-0.25, -0.2) is 0 Å². The van der Waals surface area contributed by atoms with Crippen LogP contribution in [0.5, 0.6) is 0 Å². The second kappa shape index (κ2) is 7.10. The maximum Gasteiger partial charge on any atom is 0.162 e. The van der Waals surface area contributed by atoms with Gasteiger partial charge < -0.3 is 9.47 Å². The molecule has 0 rings (SSSR count). The van der Waals surface area contributed by atoms with Crippen molar-refractivity contribution in [2.45, 2.75) is 45.8 Å². The fourth-order valence-electron chi connectivity index (χ4n) is 0.908. The molecular formula is C11H22O2. The topological polar surface area (TPSA) is 18.5 Å². The molecule has 78 valence electrons. The minimum atomic E-state index is -0.430. The second-order valence-electron chi connectivity index (χ2n) is 3.52. The molecule has 0 spiro atoms. The zero-order chi connectivity index (χ0) is 10.2. The summed E-state index contributed by atoms with van der Waals surface area (Å²) in [5, 5.41) is 0. The molecule has 13 heavy (non-hydrogen) atoms. The SMILES string of the molecule is C/C=C/CCCCOC(C)(C)OC. The summed E-state index contributed by atoms with van der Waals surface area (Å²) in [5.74, 6) is -0.430. The fraction of sp³-hybridized carbons (Fsp3) is 0.818. The average molecular weight is 186 g/mol. The molecule has 2 nitrogen and oxygen atoms in total. The predicted molar refractivity (Wildman–Crippen MR) is 55.7 cm³/mol.